The number of aromatic nitrogens is 3. The highest BCUT2D eigenvalue weighted by molar-refractivity contribution is 5.92. The summed E-state index contributed by atoms with van der Waals surface area (Å²) < 4.78 is 0. The Morgan fingerprint density at radius 1 is 1.39 bits per heavy atom. The molecule has 92 valence electrons. The molecule has 2 heterocycles. The second kappa shape index (κ2) is 5.22. The summed E-state index contributed by atoms with van der Waals surface area (Å²) in [6.45, 7) is 2.42. The third-order valence-corrected chi connectivity index (χ3v) is 2.54. The topological polar surface area (TPSA) is 88.0 Å². The summed E-state index contributed by atoms with van der Waals surface area (Å²) in [7, 11) is 0. The van der Waals surface area contributed by atoms with Crippen LogP contribution in [0, 0.1) is 6.92 Å². The number of nitrogens with zero attached hydrogens (tertiary/aromatic N) is 3. The molecule has 2 aromatic heterocycles. The number of carboxylic acids is 1. The van der Waals surface area contributed by atoms with Crippen LogP contribution < -0.4 is 5.32 Å². The quantitative estimate of drug-likeness (QED) is 0.847. The van der Waals surface area contributed by atoms with Crippen LogP contribution in [0.4, 0.5) is 5.82 Å². The summed E-state index contributed by atoms with van der Waals surface area (Å²) in [5.74, 6) is -0.774. The van der Waals surface area contributed by atoms with Crippen LogP contribution in [0.5, 0.6) is 0 Å². The Balaban J connectivity index is 2.16. The number of hydrogen-bond donors (Lipinski definition) is 2. The maximum Gasteiger partial charge on any atom is 0.339 e. The molecule has 0 aliphatic carbocycles. The zero-order valence-corrected chi connectivity index (χ0v) is 9.79. The van der Waals surface area contributed by atoms with E-state index < -0.39 is 5.97 Å². The Morgan fingerprint density at radius 2 is 2.22 bits per heavy atom. The van der Waals surface area contributed by atoms with Crippen LogP contribution >= 0.6 is 0 Å². The number of carbonyl (C=O) groups is 1. The van der Waals surface area contributed by atoms with Crippen molar-refractivity contribution in [2.45, 2.75) is 13.5 Å². The second-order valence-corrected chi connectivity index (χ2v) is 3.75. The molecule has 0 saturated heterocycles. The normalized spacial score (nSPS) is 10.1. The summed E-state index contributed by atoms with van der Waals surface area (Å²) in [4.78, 5) is 15.0. The van der Waals surface area contributed by atoms with Gasteiger partial charge in [0, 0.05) is 18.9 Å². The Hall–Kier alpha value is -2.50. The summed E-state index contributed by atoms with van der Waals surface area (Å²) >= 11 is 0. The van der Waals surface area contributed by atoms with Crippen molar-refractivity contribution in [1.29, 1.82) is 0 Å². The zero-order chi connectivity index (χ0) is 13.0. The molecule has 0 radical (unpaired) electrons. The van der Waals surface area contributed by atoms with E-state index >= 15 is 0 Å². The highest BCUT2D eigenvalue weighted by atomic mass is 16.4. The molecule has 2 N–H and O–H groups in total. The summed E-state index contributed by atoms with van der Waals surface area (Å²) in [5.41, 5.74) is 2.17. The first-order chi connectivity index (χ1) is 8.68. The van der Waals surface area contributed by atoms with E-state index in [1.807, 2.05) is 13.0 Å². The van der Waals surface area contributed by atoms with Crippen molar-refractivity contribution in [1.82, 2.24) is 15.2 Å². The molecule has 0 amide bonds. The van der Waals surface area contributed by atoms with Crippen molar-refractivity contribution in [3.05, 3.63) is 47.4 Å². The van der Waals surface area contributed by atoms with Crippen molar-refractivity contribution in [2.24, 2.45) is 0 Å². The number of carboxylic acid groups (broad SMARTS) is 1. The first-order valence-corrected chi connectivity index (χ1v) is 5.37. The number of aromatic carboxylic acids is 1. The number of anilines is 1. The number of pyridine rings is 1. The van der Waals surface area contributed by atoms with Gasteiger partial charge >= 0.3 is 5.97 Å². The van der Waals surface area contributed by atoms with Crippen LogP contribution in [0.25, 0.3) is 0 Å². The van der Waals surface area contributed by atoms with Crippen LogP contribution in [-0.4, -0.2) is 26.3 Å². The molecule has 18 heavy (non-hydrogen) atoms. The Bertz CT molecular complexity index is 572. The number of rotatable bonds is 4. The van der Waals surface area contributed by atoms with Gasteiger partial charge < -0.3 is 10.4 Å². The van der Waals surface area contributed by atoms with E-state index in [0.717, 1.165) is 11.1 Å². The Labute approximate surface area is 104 Å². The minimum absolute atomic E-state index is 0.103. The predicted octanol–water partition coefficient (Wildman–Crippen LogP) is 1.49. The highest BCUT2D eigenvalue weighted by Gasteiger charge is 2.11. The molecule has 0 bridgehead atoms. The largest absolute Gasteiger partial charge is 0.478 e. The lowest BCUT2D eigenvalue weighted by molar-refractivity contribution is 0.0697. The van der Waals surface area contributed by atoms with Crippen molar-refractivity contribution in [2.75, 3.05) is 5.32 Å². The van der Waals surface area contributed by atoms with Gasteiger partial charge in [-0.05, 0) is 30.2 Å². The minimum atomic E-state index is -1.03. The van der Waals surface area contributed by atoms with Gasteiger partial charge in [-0.3, -0.25) is 4.98 Å². The first-order valence-electron chi connectivity index (χ1n) is 5.37. The molecule has 0 aliphatic heterocycles. The average Bonchev–Trinajstić information content (AvgIpc) is 2.38. The van der Waals surface area contributed by atoms with Crippen LogP contribution in [0.1, 0.15) is 21.5 Å². The fourth-order valence-corrected chi connectivity index (χ4v) is 1.50. The third kappa shape index (κ3) is 2.60. The fraction of sp³-hybridized carbons (Fsp3) is 0.167. The fourth-order valence-electron chi connectivity index (χ4n) is 1.50. The van der Waals surface area contributed by atoms with Gasteiger partial charge in [-0.15, -0.1) is 5.10 Å². The molecule has 0 saturated carbocycles. The molecule has 0 fully saturated rings. The molecule has 6 nitrogen and oxygen atoms in total. The Kier molecular flexibility index (Phi) is 3.47. The number of hydrogen-bond acceptors (Lipinski definition) is 5. The number of aryl methyl sites for hydroxylation is 1. The molecule has 2 aromatic rings. The van der Waals surface area contributed by atoms with E-state index in [1.165, 1.54) is 12.3 Å². The molecular formula is C12H12N4O2. The molecule has 0 atom stereocenters. The molecule has 0 spiro atoms. The van der Waals surface area contributed by atoms with E-state index in [2.05, 4.69) is 20.5 Å². The van der Waals surface area contributed by atoms with E-state index in [0.29, 0.717) is 6.54 Å². The van der Waals surface area contributed by atoms with E-state index in [4.69, 9.17) is 5.11 Å². The second-order valence-electron chi connectivity index (χ2n) is 3.75. The van der Waals surface area contributed by atoms with E-state index in [1.54, 1.807) is 12.4 Å². The average molecular weight is 244 g/mol. The maximum atomic E-state index is 11.0. The van der Waals surface area contributed by atoms with Crippen molar-refractivity contribution in [3.8, 4) is 0 Å². The van der Waals surface area contributed by atoms with Gasteiger partial charge in [-0.1, -0.05) is 0 Å². The van der Waals surface area contributed by atoms with Crippen LogP contribution in [-0.2, 0) is 6.54 Å². The van der Waals surface area contributed by atoms with E-state index in [-0.39, 0.29) is 11.4 Å². The monoisotopic (exact) mass is 244 g/mol. The Morgan fingerprint density at radius 3 is 2.94 bits per heavy atom. The van der Waals surface area contributed by atoms with E-state index in [9.17, 15) is 4.79 Å². The maximum absolute atomic E-state index is 11.0. The number of nitrogens with one attached hydrogen (secondary N) is 1. The lowest BCUT2D eigenvalue weighted by Crippen LogP contribution is -2.09. The molecule has 0 aliphatic rings. The molecule has 2 rings (SSSR count). The van der Waals surface area contributed by atoms with Crippen LogP contribution in [0.3, 0.4) is 0 Å². The van der Waals surface area contributed by atoms with Gasteiger partial charge in [0.2, 0.25) is 0 Å². The smallest absolute Gasteiger partial charge is 0.339 e. The highest BCUT2D eigenvalue weighted by Crippen LogP contribution is 2.12. The standard InChI is InChI=1S/C12H12N4O2/c1-8-2-4-13-6-9(8)7-14-11-10(12(17)18)3-5-15-16-11/h2-6H,7H2,1H3,(H,14,16)(H,17,18). The lowest BCUT2D eigenvalue weighted by atomic mass is 10.1. The van der Waals surface area contributed by atoms with Crippen LogP contribution in [0.15, 0.2) is 30.7 Å². The first kappa shape index (κ1) is 12.0. The van der Waals surface area contributed by atoms with Crippen molar-refractivity contribution >= 4 is 11.8 Å². The van der Waals surface area contributed by atoms with Gasteiger partial charge in [-0.25, -0.2) is 4.79 Å². The summed E-state index contributed by atoms with van der Waals surface area (Å²) in [6.07, 6.45) is 4.80. The SMILES string of the molecule is Cc1ccncc1CNc1nnccc1C(=O)O. The summed E-state index contributed by atoms with van der Waals surface area (Å²) in [6, 6.07) is 3.31. The lowest BCUT2D eigenvalue weighted by Gasteiger charge is -2.08. The van der Waals surface area contributed by atoms with Crippen molar-refractivity contribution in [3.63, 3.8) is 0 Å². The third-order valence-electron chi connectivity index (χ3n) is 2.54. The van der Waals surface area contributed by atoms with Crippen LogP contribution in [0.2, 0.25) is 0 Å². The molecule has 0 unspecified atom stereocenters. The van der Waals surface area contributed by atoms with Gasteiger partial charge in [-0.2, -0.15) is 5.10 Å². The van der Waals surface area contributed by atoms with Gasteiger partial charge in [0.05, 0.1) is 6.20 Å². The van der Waals surface area contributed by atoms with Gasteiger partial charge in [0.1, 0.15) is 5.56 Å². The summed E-state index contributed by atoms with van der Waals surface area (Å²) in [5, 5.41) is 19.4. The molecule has 0 aromatic carbocycles. The van der Waals surface area contributed by atoms with Crippen molar-refractivity contribution < 1.29 is 9.90 Å². The van der Waals surface area contributed by atoms with Gasteiger partial charge in [0.25, 0.3) is 0 Å². The molecular weight excluding hydrogens is 232 g/mol. The molecule has 6 heteroatoms. The van der Waals surface area contributed by atoms with Gasteiger partial charge in [0.15, 0.2) is 5.82 Å². The minimum Gasteiger partial charge on any atom is -0.478 e. The predicted molar refractivity (Wildman–Crippen MR) is 65.3 cm³/mol. The zero-order valence-electron chi connectivity index (χ0n) is 9.79.